The molecule has 1 aliphatic heterocycles. The highest BCUT2D eigenvalue weighted by molar-refractivity contribution is 5.31. The summed E-state index contributed by atoms with van der Waals surface area (Å²) in [5.74, 6) is 0.314. The zero-order valence-electron chi connectivity index (χ0n) is 12.9. The van der Waals surface area contributed by atoms with Gasteiger partial charge in [0.25, 0.3) is 0 Å². The fraction of sp³-hybridized carbons (Fsp3) is 0.647. The molecular formula is C17H27NO. The van der Waals surface area contributed by atoms with Gasteiger partial charge in [-0.15, -0.1) is 0 Å². The SMILES string of the molecule is Cc1ccc(C[C@]2(O)C[C@H](C)N(C)C[C@@H]2C)c(C)c1. The number of benzene rings is 1. The number of piperidine rings is 1. The molecule has 1 fully saturated rings. The predicted molar refractivity (Wildman–Crippen MR) is 80.4 cm³/mol. The predicted octanol–water partition coefficient (Wildman–Crippen LogP) is 2.94. The van der Waals surface area contributed by atoms with Crippen molar-refractivity contribution in [1.82, 2.24) is 4.90 Å². The number of aryl methyl sites for hydroxylation is 2. The fourth-order valence-electron chi connectivity index (χ4n) is 3.27. The van der Waals surface area contributed by atoms with Crippen molar-refractivity contribution in [2.45, 2.75) is 52.2 Å². The van der Waals surface area contributed by atoms with Crippen LogP contribution in [0.25, 0.3) is 0 Å². The van der Waals surface area contributed by atoms with Crippen LogP contribution in [0.4, 0.5) is 0 Å². The first-order valence-electron chi connectivity index (χ1n) is 7.30. The van der Waals surface area contributed by atoms with E-state index in [1.807, 2.05) is 0 Å². The molecular weight excluding hydrogens is 234 g/mol. The first kappa shape index (κ1) is 14.5. The van der Waals surface area contributed by atoms with Crippen LogP contribution in [-0.2, 0) is 6.42 Å². The number of aliphatic hydroxyl groups is 1. The Hall–Kier alpha value is -0.860. The summed E-state index contributed by atoms with van der Waals surface area (Å²) in [7, 11) is 2.15. The van der Waals surface area contributed by atoms with E-state index in [1.165, 1.54) is 16.7 Å². The molecule has 3 atom stereocenters. The Kier molecular flexibility index (Phi) is 4.03. The molecule has 1 N–H and O–H groups in total. The van der Waals surface area contributed by atoms with Crippen LogP contribution in [0.2, 0.25) is 0 Å². The van der Waals surface area contributed by atoms with E-state index in [1.54, 1.807) is 0 Å². The molecule has 1 aromatic carbocycles. The van der Waals surface area contributed by atoms with Crippen LogP contribution >= 0.6 is 0 Å². The van der Waals surface area contributed by atoms with Crippen LogP contribution in [0.5, 0.6) is 0 Å². The molecule has 1 saturated heterocycles. The normalized spacial score (nSPS) is 32.5. The molecule has 0 aliphatic carbocycles. The third-order valence-corrected chi connectivity index (χ3v) is 4.88. The van der Waals surface area contributed by atoms with Crippen molar-refractivity contribution in [2.75, 3.05) is 13.6 Å². The summed E-state index contributed by atoms with van der Waals surface area (Å²) in [6.45, 7) is 9.62. The van der Waals surface area contributed by atoms with E-state index in [2.05, 4.69) is 57.8 Å². The monoisotopic (exact) mass is 261 g/mol. The van der Waals surface area contributed by atoms with E-state index in [-0.39, 0.29) is 0 Å². The van der Waals surface area contributed by atoms with Gasteiger partial charge in [-0.3, -0.25) is 0 Å². The molecule has 2 heteroatoms. The molecule has 0 spiro atoms. The summed E-state index contributed by atoms with van der Waals surface area (Å²) >= 11 is 0. The quantitative estimate of drug-likeness (QED) is 0.885. The summed E-state index contributed by atoms with van der Waals surface area (Å²) in [5, 5.41) is 11.0. The molecule has 0 amide bonds. The second-order valence-corrected chi connectivity index (χ2v) is 6.60. The Morgan fingerprint density at radius 3 is 2.63 bits per heavy atom. The van der Waals surface area contributed by atoms with Crippen LogP contribution in [0.3, 0.4) is 0 Å². The van der Waals surface area contributed by atoms with Gasteiger partial charge in [0.1, 0.15) is 0 Å². The van der Waals surface area contributed by atoms with Crippen molar-refractivity contribution in [3.63, 3.8) is 0 Å². The van der Waals surface area contributed by atoms with Crippen LogP contribution in [0, 0.1) is 19.8 Å². The molecule has 106 valence electrons. The van der Waals surface area contributed by atoms with Gasteiger partial charge in [0, 0.05) is 19.0 Å². The lowest BCUT2D eigenvalue weighted by Crippen LogP contribution is -2.54. The Balaban J connectivity index is 2.20. The standard InChI is InChI=1S/C17H27NO/c1-12-6-7-16(13(2)8-12)10-17(19)9-15(4)18(5)11-14(17)3/h6-8,14-15,19H,9-11H2,1-5H3/t14-,15-,17+/m0/s1. The molecule has 2 rings (SSSR count). The lowest BCUT2D eigenvalue weighted by Gasteiger charge is -2.46. The van der Waals surface area contributed by atoms with E-state index >= 15 is 0 Å². The third kappa shape index (κ3) is 3.01. The zero-order valence-corrected chi connectivity index (χ0v) is 12.9. The van der Waals surface area contributed by atoms with E-state index in [4.69, 9.17) is 0 Å². The van der Waals surface area contributed by atoms with E-state index in [0.717, 1.165) is 19.4 Å². The number of likely N-dealkylation sites (tertiary alicyclic amines) is 1. The molecule has 0 bridgehead atoms. The maximum Gasteiger partial charge on any atom is 0.0740 e. The second kappa shape index (κ2) is 5.26. The average Bonchev–Trinajstić information content (AvgIpc) is 2.31. The highest BCUT2D eigenvalue weighted by Gasteiger charge is 2.41. The van der Waals surface area contributed by atoms with Crippen molar-refractivity contribution in [2.24, 2.45) is 5.92 Å². The molecule has 1 heterocycles. The Labute approximate surface area is 117 Å². The summed E-state index contributed by atoms with van der Waals surface area (Å²) < 4.78 is 0. The average molecular weight is 261 g/mol. The Morgan fingerprint density at radius 2 is 2.00 bits per heavy atom. The number of nitrogens with zero attached hydrogens (tertiary/aromatic N) is 1. The molecule has 19 heavy (non-hydrogen) atoms. The molecule has 1 aliphatic rings. The highest BCUT2D eigenvalue weighted by atomic mass is 16.3. The second-order valence-electron chi connectivity index (χ2n) is 6.60. The summed E-state index contributed by atoms with van der Waals surface area (Å²) in [5.41, 5.74) is 3.31. The minimum atomic E-state index is -0.564. The smallest absolute Gasteiger partial charge is 0.0740 e. The Morgan fingerprint density at radius 1 is 1.32 bits per heavy atom. The van der Waals surface area contributed by atoms with Gasteiger partial charge in [-0.1, -0.05) is 30.7 Å². The molecule has 0 unspecified atom stereocenters. The molecule has 0 radical (unpaired) electrons. The maximum atomic E-state index is 11.0. The topological polar surface area (TPSA) is 23.5 Å². The first-order chi connectivity index (χ1) is 8.82. The zero-order chi connectivity index (χ0) is 14.2. The summed E-state index contributed by atoms with van der Waals surface area (Å²) in [6, 6.07) is 6.99. The van der Waals surface area contributed by atoms with Gasteiger partial charge < -0.3 is 10.0 Å². The van der Waals surface area contributed by atoms with Gasteiger partial charge in [0.15, 0.2) is 0 Å². The molecule has 2 nitrogen and oxygen atoms in total. The highest BCUT2D eigenvalue weighted by Crippen LogP contribution is 2.34. The van der Waals surface area contributed by atoms with Crippen LogP contribution < -0.4 is 0 Å². The van der Waals surface area contributed by atoms with E-state index in [0.29, 0.717) is 12.0 Å². The van der Waals surface area contributed by atoms with Gasteiger partial charge in [-0.2, -0.15) is 0 Å². The number of hydrogen-bond acceptors (Lipinski definition) is 2. The van der Waals surface area contributed by atoms with Gasteiger partial charge >= 0.3 is 0 Å². The van der Waals surface area contributed by atoms with Gasteiger partial charge in [0.05, 0.1) is 5.60 Å². The van der Waals surface area contributed by atoms with Crippen molar-refractivity contribution >= 4 is 0 Å². The van der Waals surface area contributed by atoms with Gasteiger partial charge in [-0.05, 0) is 51.3 Å². The largest absolute Gasteiger partial charge is 0.389 e. The summed E-state index contributed by atoms with van der Waals surface area (Å²) in [6.07, 6.45) is 1.64. The number of rotatable bonds is 2. The van der Waals surface area contributed by atoms with E-state index < -0.39 is 5.60 Å². The minimum Gasteiger partial charge on any atom is -0.389 e. The first-order valence-corrected chi connectivity index (χ1v) is 7.30. The van der Waals surface area contributed by atoms with Gasteiger partial charge in [-0.25, -0.2) is 0 Å². The molecule has 1 aromatic rings. The third-order valence-electron chi connectivity index (χ3n) is 4.88. The Bertz CT molecular complexity index is 457. The van der Waals surface area contributed by atoms with Crippen molar-refractivity contribution in [3.05, 3.63) is 34.9 Å². The molecule has 0 saturated carbocycles. The van der Waals surface area contributed by atoms with Crippen molar-refractivity contribution in [3.8, 4) is 0 Å². The van der Waals surface area contributed by atoms with Crippen LogP contribution in [-0.4, -0.2) is 35.2 Å². The van der Waals surface area contributed by atoms with Crippen LogP contribution in [0.1, 0.15) is 37.0 Å². The number of hydrogen-bond donors (Lipinski definition) is 1. The maximum absolute atomic E-state index is 11.0. The van der Waals surface area contributed by atoms with Crippen molar-refractivity contribution < 1.29 is 5.11 Å². The van der Waals surface area contributed by atoms with Gasteiger partial charge in [0.2, 0.25) is 0 Å². The van der Waals surface area contributed by atoms with E-state index in [9.17, 15) is 5.11 Å². The minimum absolute atomic E-state index is 0.314. The summed E-state index contributed by atoms with van der Waals surface area (Å²) in [4.78, 5) is 2.35. The fourth-order valence-corrected chi connectivity index (χ4v) is 3.27. The lowest BCUT2D eigenvalue weighted by molar-refractivity contribution is -0.0778. The van der Waals surface area contributed by atoms with Crippen LogP contribution in [0.15, 0.2) is 18.2 Å². The lowest BCUT2D eigenvalue weighted by atomic mass is 9.75. The van der Waals surface area contributed by atoms with Crippen molar-refractivity contribution in [1.29, 1.82) is 0 Å². The molecule has 0 aromatic heterocycles.